The van der Waals surface area contributed by atoms with Crippen LogP contribution in [0.5, 0.6) is 0 Å². The van der Waals surface area contributed by atoms with Crippen molar-refractivity contribution >= 4 is 40.9 Å². The summed E-state index contributed by atoms with van der Waals surface area (Å²) in [5, 5.41) is 11.7. The third-order valence-electron chi connectivity index (χ3n) is 3.67. The van der Waals surface area contributed by atoms with Gasteiger partial charge in [-0.2, -0.15) is 5.10 Å². The number of rotatable bonds is 4. The lowest BCUT2D eigenvalue weighted by atomic mass is 10.2. The van der Waals surface area contributed by atoms with E-state index < -0.39 is 0 Å². The zero-order chi connectivity index (χ0) is 16.2. The number of hydrogen-bond donors (Lipinski definition) is 2. The van der Waals surface area contributed by atoms with E-state index >= 15 is 0 Å². The first-order chi connectivity index (χ1) is 11.2. The van der Waals surface area contributed by atoms with Crippen LogP contribution in [0.25, 0.3) is 11.0 Å². The van der Waals surface area contributed by atoms with E-state index in [9.17, 15) is 0 Å². The highest BCUT2D eigenvalue weighted by Crippen LogP contribution is 2.23. The van der Waals surface area contributed by atoms with Crippen LogP contribution in [-0.4, -0.2) is 27.8 Å². The van der Waals surface area contributed by atoms with Crippen molar-refractivity contribution in [3.05, 3.63) is 48.2 Å². The SMILES string of the molecule is CN=C(NCc1ncnn1C)NC(C)c1cc2ccccc2o1.I. The number of nitrogens with one attached hydrogen (secondary N) is 2. The number of guanidine groups is 1. The molecular weight excluding hydrogens is 419 g/mol. The highest BCUT2D eigenvalue weighted by Gasteiger charge is 2.13. The van der Waals surface area contributed by atoms with Gasteiger partial charge in [0.05, 0.1) is 12.6 Å². The third kappa shape index (κ3) is 4.05. The molecule has 0 aliphatic rings. The van der Waals surface area contributed by atoms with Gasteiger partial charge in [-0.1, -0.05) is 18.2 Å². The van der Waals surface area contributed by atoms with Crippen molar-refractivity contribution in [3.8, 4) is 0 Å². The molecule has 3 rings (SSSR count). The number of para-hydroxylation sites is 1. The first-order valence-electron chi connectivity index (χ1n) is 7.46. The van der Waals surface area contributed by atoms with Crippen molar-refractivity contribution in [2.45, 2.75) is 19.5 Å². The van der Waals surface area contributed by atoms with Gasteiger partial charge in [-0.25, -0.2) is 4.98 Å². The van der Waals surface area contributed by atoms with Crippen LogP contribution in [0.3, 0.4) is 0 Å². The topological polar surface area (TPSA) is 80.3 Å². The average Bonchev–Trinajstić information content (AvgIpc) is 3.17. The Hall–Kier alpha value is -2.10. The number of benzene rings is 1. The minimum Gasteiger partial charge on any atom is -0.459 e. The van der Waals surface area contributed by atoms with Gasteiger partial charge in [-0.05, 0) is 19.1 Å². The Labute approximate surface area is 157 Å². The maximum absolute atomic E-state index is 5.87. The summed E-state index contributed by atoms with van der Waals surface area (Å²) in [7, 11) is 3.59. The monoisotopic (exact) mass is 440 g/mol. The Morgan fingerprint density at radius 3 is 2.83 bits per heavy atom. The normalized spacial score (nSPS) is 12.7. The van der Waals surface area contributed by atoms with Crippen LogP contribution in [0.4, 0.5) is 0 Å². The fourth-order valence-electron chi connectivity index (χ4n) is 2.33. The summed E-state index contributed by atoms with van der Waals surface area (Å²) in [4.78, 5) is 8.41. The van der Waals surface area contributed by atoms with E-state index in [2.05, 4.69) is 25.7 Å². The van der Waals surface area contributed by atoms with Crippen LogP contribution >= 0.6 is 24.0 Å². The van der Waals surface area contributed by atoms with Crippen LogP contribution in [0.15, 0.2) is 46.1 Å². The van der Waals surface area contributed by atoms with Gasteiger partial charge in [0.15, 0.2) is 5.96 Å². The highest BCUT2D eigenvalue weighted by molar-refractivity contribution is 14.0. The van der Waals surface area contributed by atoms with Crippen LogP contribution in [0, 0.1) is 0 Å². The minimum absolute atomic E-state index is 0. The summed E-state index contributed by atoms with van der Waals surface area (Å²) < 4.78 is 7.60. The third-order valence-corrected chi connectivity index (χ3v) is 3.67. The molecule has 0 saturated carbocycles. The van der Waals surface area contributed by atoms with Gasteiger partial charge in [0.2, 0.25) is 0 Å². The van der Waals surface area contributed by atoms with Gasteiger partial charge in [-0.3, -0.25) is 9.67 Å². The van der Waals surface area contributed by atoms with Gasteiger partial charge < -0.3 is 15.1 Å². The Bertz CT molecular complexity index is 792. The Morgan fingerprint density at radius 1 is 1.38 bits per heavy atom. The van der Waals surface area contributed by atoms with Crippen molar-refractivity contribution < 1.29 is 4.42 Å². The van der Waals surface area contributed by atoms with Crippen molar-refractivity contribution in [1.82, 2.24) is 25.4 Å². The van der Waals surface area contributed by atoms with E-state index in [4.69, 9.17) is 4.42 Å². The molecule has 2 N–H and O–H groups in total. The zero-order valence-electron chi connectivity index (χ0n) is 13.9. The van der Waals surface area contributed by atoms with Gasteiger partial charge in [-0.15, -0.1) is 24.0 Å². The lowest BCUT2D eigenvalue weighted by Gasteiger charge is -2.16. The van der Waals surface area contributed by atoms with Crippen LogP contribution in [-0.2, 0) is 13.6 Å². The molecule has 2 aromatic heterocycles. The van der Waals surface area contributed by atoms with E-state index in [1.807, 2.05) is 44.3 Å². The zero-order valence-corrected chi connectivity index (χ0v) is 16.2. The molecule has 0 aliphatic heterocycles. The predicted molar refractivity (Wildman–Crippen MR) is 104 cm³/mol. The number of nitrogens with zero attached hydrogens (tertiary/aromatic N) is 4. The summed E-state index contributed by atoms with van der Waals surface area (Å²) in [5.41, 5.74) is 0.887. The van der Waals surface area contributed by atoms with Crippen LogP contribution in [0.1, 0.15) is 24.6 Å². The Balaban J connectivity index is 0.00000208. The Morgan fingerprint density at radius 2 is 2.17 bits per heavy atom. The molecule has 0 amide bonds. The van der Waals surface area contributed by atoms with E-state index in [-0.39, 0.29) is 30.0 Å². The minimum atomic E-state index is -0.00639. The van der Waals surface area contributed by atoms with Crippen molar-refractivity contribution in [2.24, 2.45) is 12.0 Å². The van der Waals surface area contributed by atoms with Crippen LogP contribution in [0.2, 0.25) is 0 Å². The largest absolute Gasteiger partial charge is 0.459 e. The molecule has 128 valence electrons. The smallest absolute Gasteiger partial charge is 0.191 e. The molecule has 2 heterocycles. The first kappa shape index (κ1) is 18.2. The number of halogens is 1. The molecule has 0 fully saturated rings. The van der Waals surface area contributed by atoms with E-state index in [0.717, 1.165) is 22.6 Å². The number of aryl methyl sites for hydroxylation is 1. The van der Waals surface area contributed by atoms with Gasteiger partial charge in [0.1, 0.15) is 23.5 Å². The number of furan rings is 1. The second kappa shape index (κ2) is 8.13. The summed E-state index contributed by atoms with van der Waals surface area (Å²) in [6.07, 6.45) is 1.53. The molecule has 0 saturated heterocycles. The number of hydrogen-bond acceptors (Lipinski definition) is 4. The van der Waals surface area contributed by atoms with E-state index in [1.165, 1.54) is 6.33 Å². The highest BCUT2D eigenvalue weighted by atomic mass is 127. The molecule has 8 heteroatoms. The second-order valence-corrected chi connectivity index (χ2v) is 5.28. The van der Waals surface area contributed by atoms with E-state index in [1.54, 1.807) is 11.7 Å². The second-order valence-electron chi connectivity index (χ2n) is 5.28. The van der Waals surface area contributed by atoms with Gasteiger partial charge >= 0.3 is 0 Å². The van der Waals surface area contributed by atoms with Crippen molar-refractivity contribution in [1.29, 1.82) is 0 Å². The van der Waals surface area contributed by atoms with Gasteiger partial charge in [0.25, 0.3) is 0 Å². The molecule has 7 nitrogen and oxygen atoms in total. The lowest BCUT2D eigenvalue weighted by Crippen LogP contribution is -2.38. The molecule has 1 atom stereocenters. The number of aliphatic imine (C=N–C) groups is 1. The number of aromatic nitrogens is 3. The standard InChI is InChI=1S/C16H20N6O.HI/c1-11(14-8-12-6-4-5-7-13(12)23-14)21-16(17-2)18-9-15-19-10-20-22(15)3;/h4-8,10-11H,9H2,1-3H3,(H2,17,18,21);1H. The van der Waals surface area contributed by atoms with Crippen LogP contribution < -0.4 is 10.6 Å². The van der Waals surface area contributed by atoms with Crippen molar-refractivity contribution in [2.75, 3.05) is 7.05 Å². The molecule has 0 radical (unpaired) electrons. The summed E-state index contributed by atoms with van der Waals surface area (Å²) in [6, 6.07) is 10.0. The fourth-order valence-corrected chi connectivity index (χ4v) is 2.33. The summed E-state index contributed by atoms with van der Waals surface area (Å²) >= 11 is 0. The van der Waals surface area contributed by atoms with Crippen molar-refractivity contribution in [3.63, 3.8) is 0 Å². The Kier molecular flexibility index (Phi) is 6.18. The molecule has 24 heavy (non-hydrogen) atoms. The molecule has 0 aliphatic carbocycles. The lowest BCUT2D eigenvalue weighted by molar-refractivity contribution is 0.488. The predicted octanol–water partition coefficient (Wildman–Crippen LogP) is 2.61. The quantitative estimate of drug-likeness (QED) is 0.371. The van der Waals surface area contributed by atoms with E-state index in [0.29, 0.717) is 12.5 Å². The molecule has 0 spiro atoms. The molecule has 1 unspecified atom stereocenters. The maximum Gasteiger partial charge on any atom is 0.191 e. The molecular formula is C16H21IN6O. The molecule has 3 aromatic rings. The summed E-state index contributed by atoms with van der Waals surface area (Å²) in [5.74, 6) is 2.39. The molecule has 1 aromatic carbocycles. The maximum atomic E-state index is 5.87. The number of fused-ring (bicyclic) bond motifs is 1. The fraction of sp³-hybridized carbons (Fsp3) is 0.312. The molecule has 0 bridgehead atoms. The average molecular weight is 440 g/mol. The van der Waals surface area contributed by atoms with Gasteiger partial charge in [0, 0.05) is 19.5 Å². The summed E-state index contributed by atoms with van der Waals surface area (Å²) in [6.45, 7) is 2.58. The first-order valence-corrected chi connectivity index (χ1v) is 7.46.